The number of nitro benzene ring substituents is 1. The van der Waals surface area contributed by atoms with Gasteiger partial charge in [-0.05, 0) is 44.5 Å². The molecule has 0 heterocycles. The van der Waals surface area contributed by atoms with Gasteiger partial charge >= 0.3 is 0 Å². The highest BCUT2D eigenvalue weighted by molar-refractivity contribution is 5.41. The fourth-order valence-corrected chi connectivity index (χ4v) is 2.28. The van der Waals surface area contributed by atoms with Crippen molar-refractivity contribution in [3.63, 3.8) is 0 Å². The maximum Gasteiger partial charge on any atom is 0.269 e. The number of rotatable bonds is 2. The average molecular weight is 220 g/mol. The van der Waals surface area contributed by atoms with Crippen LogP contribution in [-0.4, -0.2) is 30.0 Å². The van der Waals surface area contributed by atoms with Gasteiger partial charge in [0, 0.05) is 18.2 Å². The van der Waals surface area contributed by atoms with Gasteiger partial charge in [-0.3, -0.25) is 10.1 Å². The zero-order valence-corrected chi connectivity index (χ0v) is 9.64. The molecule has 0 radical (unpaired) electrons. The van der Waals surface area contributed by atoms with E-state index < -0.39 is 0 Å². The quantitative estimate of drug-likeness (QED) is 0.565. The molecule has 0 fully saturated rings. The Hall–Kier alpha value is -1.42. The van der Waals surface area contributed by atoms with Crippen molar-refractivity contribution in [3.05, 3.63) is 39.4 Å². The van der Waals surface area contributed by atoms with Gasteiger partial charge in [0.2, 0.25) is 0 Å². The molecule has 0 saturated heterocycles. The largest absolute Gasteiger partial charge is 0.306 e. The lowest BCUT2D eigenvalue weighted by atomic mass is 9.87. The summed E-state index contributed by atoms with van der Waals surface area (Å²) < 4.78 is 0. The van der Waals surface area contributed by atoms with Crippen LogP contribution in [0, 0.1) is 10.1 Å². The first-order chi connectivity index (χ1) is 7.58. The number of hydrogen-bond acceptors (Lipinski definition) is 3. The van der Waals surface area contributed by atoms with Crippen LogP contribution in [0.1, 0.15) is 17.5 Å². The SMILES string of the molecule is CN(C)C1CCc2ccc([N+](=O)[O-])cc2C1. The van der Waals surface area contributed by atoms with Crippen molar-refractivity contribution in [2.75, 3.05) is 14.1 Å². The zero-order valence-electron chi connectivity index (χ0n) is 9.64. The number of fused-ring (bicyclic) bond motifs is 1. The van der Waals surface area contributed by atoms with Gasteiger partial charge in [-0.15, -0.1) is 0 Å². The van der Waals surface area contributed by atoms with Crippen molar-refractivity contribution in [1.29, 1.82) is 0 Å². The summed E-state index contributed by atoms with van der Waals surface area (Å²) in [6, 6.07) is 5.74. The standard InChI is InChI=1S/C12H16N2O2/c1-13(2)11-5-3-9-4-6-12(14(15)16)8-10(9)7-11/h4,6,8,11H,3,5,7H2,1-2H3. The summed E-state index contributed by atoms with van der Waals surface area (Å²) in [6.07, 6.45) is 3.08. The maximum atomic E-state index is 10.7. The average Bonchev–Trinajstić information content (AvgIpc) is 2.27. The highest BCUT2D eigenvalue weighted by Crippen LogP contribution is 2.26. The Kier molecular flexibility index (Phi) is 2.92. The van der Waals surface area contributed by atoms with E-state index in [1.807, 2.05) is 6.07 Å². The second-order valence-corrected chi connectivity index (χ2v) is 4.57. The lowest BCUT2D eigenvalue weighted by Crippen LogP contribution is -2.33. The predicted molar refractivity (Wildman–Crippen MR) is 62.6 cm³/mol. The lowest BCUT2D eigenvalue weighted by Gasteiger charge is -2.29. The van der Waals surface area contributed by atoms with Crippen LogP contribution in [0.5, 0.6) is 0 Å². The summed E-state index contributed by atoms with van der Waals surface area (Å²) in [4.78, 5) is 12.6. The molecule has 0 aromatic heterocycles. The second kappa shape index (κ2) is 4.22. The van der Waals surface area contributed by atoms with Gasteiger partial charge in [0.1, 0.15) is 0 Å². The van der Waals surface area contributed by atoms with Crippen LogP contribution in [0.25, 0.3) is 0 Å². The number of nitrogens with zero attached hydrogens (tertiary/aromatic N) is 2. The Labute approximate surface area is 95.0 Å². The summed E-state index contributed by atoms with van der Waals surface area (Å²) in [5.41, 5.74) is 2.61. The second-order valence-electron chi connectivity index (χ2n) is 4.57. The Morgan fingerprint density at radius 3 is 2.75 bits per heavy atom. The topological polar surface area (TPSA) is 46.4 Å². The van der Waals surface area contributed by atoms with Gasteiger partial charge in [0.05, 0.1) is 4.92 Å². The number of non-ortho nitro benzene ring substituents is 1. The normalized spacial score (nSPS) is 19.6. The number of hydrogen-bond donors (Lipinski definition) is 0. The van der Waals surface area contributed by atoms with Crippen molar-refractivity contribution >= 4 is 5.69 Å². The Bertz CT molecular complexity index is 415. The van der Waals surface area contributed by atoms with Crippen LogP contribution >= 0.6 is 0 Å². The molecule has 0 aliphatic heterocycles. The van der Waals surface area contributed by atoms with Gasteiger partial charge < -0.3 is 4.90 Å². The van der Waals surface area contributed by atoms with Gasteiger partial charge in [-0.25, -0.2) is 0 Å². The molecule has 1 aliphatic carbocycles. The van der Waals surface area contributed by atoms with Crippen LogP contribution in [0.15, 0.2) is 18.2 Å². The molecule has 0 spiro atoms. The number of nitro groups is 1. The molecule has 1 atom stereocenters. The van der Waals surface area contributed by atoms with E-state index in [0.29, 0.717) is 6.04 Å². The minimum atomic E-state index is -0.320. The smallest absolute Gasteiger partial charge is 0.269 e. The summed E-state index contributed by atoms with van der Waals surface area (Å²) in [6.45, 7) is 0. The summed E-state index contributed by atoms with van der Waals surface area (Å²) in [5, 5.41) is 10.7. The summed E-state index contributed by atoms with van der Waals surface area (Å²) in [5.74, 6) is 0. The minimum absolute atomic E-state index is 0.207. The molecule has 0 bridgehead atoms. The highest BCUT2D eigenvalue weighted by atomic mass is 16.6. The molecular weight excluding hydrogens is 204 g/mol. The molecular formula is C12H16N2O2. The van der Waals surface area contributed by atoms with Crippen LogP contribution in [-0.2, 0) is 12.8 Å². The van der Waals surface area contributed by atoms with E-state index in [1.54, 1.807) is 12.1 Å². The first-order valence-corrected chi connectivity index (χ1v) is 5.50. The van der Waals surface area contributed by atoms with Crippen LogP contribution < -0.4 is 0 Å². The van der Waals surface area contributed by atoms with Gasteiger partial charge in [-0.2, -0.15) is 0 Å². The van der Waals surface area contributed by atoms with Crippen LogP contribution in [0.4, 0.5) is 5.69 Å². The number of likely N-dealkylation sites (N-methyl/N-ethyl adjacent to an activating group) is 1. The molecule has 1 aliphatic rings. The Morgan fingerprint density at radius 2 is 2.12 bits per heavy atom. The Balaban J connectivity index is 2.28. The van der Waals surface area contributed by atoms with E-state index in [2.05, 4.69) is 19.0 Å². The number of benzene rings is 1. The molecule has 0 saturated carbocycles. The van der Waals surface area contributed by atoms with Crippen LogP contribution in [0.2, 0.25) is 0 Å². The lowest BCUT2D eigenvalue weighted by molar-refractivity contribution is -0.384. The first-order valence-electron chi connectivity index (χ1n) is 5.50. The molecule has 0 amide bonds. The minimum Gasteiger partial charge on any atom is -0.306 e. The molecule has 1 aromatic rings. The van der Waals surface area contributed by atoms with E-state index in [9.17, 15) is 10.1 Å². The van der Waals surface area contributed by atoms with Gasteiger partial charge in [-0.1, -0.05) is 6.07 Å². The fourth-order valence-electron chi connectivity index (χ4n) is 2.28. The van der Waals surface area contributed by atoms with Crippen molar-refractivity contribution in [1.82, 2.24) is 4.90 Å². The van der Waals surface area contributed by atoms with E-state index >= 15 is 0 Å². The van der Waals surface area contributed by atoms with E-state index in [4.69, 9.17) is 0 Å². The molecule has 2 rings (SSSR count). The molecule has 86 valence electrons. The molecule has 0 N–H and O–H groups in total. The first kappa shape index (κ1) is 11.1. The van der Waals surface area contributed by atoms with Gasteiger partial charge in [0.15, 0.2) is 0 Å². The maximum absolute atomic E-state index is 10.7. The van der Waals surface area contributed by atoms with E-state index in [-0.39, 0.29) is 10.6 Å². The predicted octanol–water partition coefficient (Wildman–Crippen LogP) is 2.01. The molecule has 4 heteroatoms. The third-order valence-electron chi connectivity index (χ3n) is 3.33. The van der Waals surface area contributed by atoms with E-state index in [1.165, 1.54) is 5.56 Å². The summed E-state index contributed by atoms with van der Waals surface area (Å²) >= 11 is 0. The fraction of sp³-hybridized carbons (Fsp3) is 0.500. The van der Waals surface area contributed by atoms with Crippen molar-refractivity contribution in [3.8, 4) is 0 Å². The molecule has 4 nitrogen and oxygen atoms in total. The van der Waals surface area contributed by atoms with Crippen LogP contribution in [0.3, 0.4) is 0 Å². The molecule has 1 aromatic carbocycles. The third-order valence-corrected chi connectivity index (χ3v) is 3.33. The Morgan fingerprint density at radius 1 is 1.38 bits per heavy atom. The highest BCUT2D eigenvalue weighted by Gasteiger charge is 2.21. The van der Waals surface area contributed by atoms with Crippen molar-refractivity contribution in [2.45, 2.75) is 25.3 Å². The number of aryl methyl sites for hydroxylation is 1. The van der Waals surface area contributed by atoms with Crippen molar-refractivity contribution in [2.24, 2.45) is 0 Å². The summed E-state index contributed by atoms with van der Waals surface area (Å²) in [7, 11) is 4.13. The van der Waals surface area contributed by atoms with Gasteiger partial charge in [0.25, 0.3) is 5.69 Å². The molecule has 16 heavy (non-hydrogen) atoms. The zero-order chi connectivity index (χ0) is 11.7. The van der Waals surface area contributed by atoms with E-state index in [0.717, 1.165) is 24.8 Å². The monoisotopic (exact) mass is 220 g/mol. The van der Waals surface area contributed by atoms with Crippen molar-refractivity contribution < 1.29 is 4.92 Å². The third kappa shape index (κ3) is 2.07. The molecule has 1 unspecified atom stereocenters.